The number of allylic oxidation sites excluding steroid dienone is 20. The third-order valence-electron chi connectivity index (χ3n) is 11.7. The Morgan fingerprint density at radius 1 is 0.741 bits per heavy atom. The van der Waals surface area contributed by atoms with Crippen molar-refractivity contribution in [2.24, 2.45) is 11.8 Å². The van der Waals surface area contributed by atoms with Crippen molar-refractivity contribution in [3.05, 3.63) is 210 Å². The van der Waals surface area contributed by atoms with Crippen LogP contribution >= 0.6 is 0 Å². The van der Waals surface area contributed by atoms with Crippen LogP contribution in [0.4, 0.5) is 11.4 Å². The molecule has 0 amide bonds. The van der Waals surface area contributed by atoms with Crippen LogP contribution in [0, 0.1) is 11.8 Å². The van der Waals surface area contributed by atoms with Gasteiger partial charge in [0.15, 0.2) is 0 Å². The van der Waals surface area contributed by atoms with Gasteiger partial charge in [0.25, 0.3) is 0 Å². The fourth-order valence-electron chi connectivity index (χ4n) is 9.02. The Bertz CT molecular complexity index is 2140. The molecule has 6 aliphatic rings. The van der Waals surface area contributed by atoms with Crippen LogP contribution in [0.1, 0.15) is 72.8 Å². The van der Waals surface area contributed by atoms with E-state index in [1.165, 1.54) is 62.6 Å². The van der Waals surface area contributed by atoms with Crippen LogP contribution in [-0.2, 0) is 12.8 Å². The van der Waals surface area contributed by atoms with E-state index in [-0.39, 0.29) is 6.04 Å². The first kappa shape index (κ1) is 35.4. The highest BCUT2D eigenvalue weighted by Gasteiger charge is 2.30. The molecule has 2 aromatic carbocycles. The normalized spacial score (nSPS) is 22.7. The number of fused-ring (bicyclic) bond motifs is 4. The van der Waals surface area contributed by atoms with Gasteiger partial charge in [-0.25, -0.2) is 0 Å². The van der Waals surface area contributed by atoms with Crippen molar-refractivity contribution in [3.63, 3.8) is 0 Å². The summed E-state index contributed by atoms with van der Waals surface area (Å²) in [6.07, 6.45) is 59.1. The lowest BCUT2D eigenvalue weighted by Gasteiger charge is -2.38. The van der Waals surface area contributed by atoms with Crippen molar-refractivity contribution in [2.45, 2.75) is 63.8 Å². The Morgan fingerprint density at radius 2 is 1.57 bits per heavy atom. The molecular weight excluding hydrogens is 653 g/mol. The number of anilines is 2. The molecule has 0 saturated heterocycles. The Labute approximate surface area is 323 Å². The molecule has 2 aromatic rings. The summed E-state index contributed by atoms with van der Waals surface area (Å²) in [5, 5.41) is 0. The molecule has 0 aliphatic heterocycles. The van der Waals surface area contributed by atoms with Crippen LogP contribution in [0.15, 0.2) is 182 Å². The average molecular weight is 705 g/mol. The maximum Gasteiger partial charge on any atom is 0.0559 e. The number of nitrogens with zero attached hydrogens (tertiary/aromatic N) is 2. The Balaban J connectivity index is 1.11. The first-order valence-corrected chi connectivity index (χ1v) is 20.0. The lowest BCUT2D eigenvalue weighted by Crippen LogP contribution is -2.35. The molecule has 6 aliphatic carbocycles. The van der Waals surface area contributed by atoms with Crippen LogP contribution in [0.3, 0.4) is 0 Å². The summed E-state index contributed by atoms with van der Waals surface area (Å²) in [5.74, 6) is 0.881. The predicted octanol–water partition coefficient (Wildman–Crippen LogP) is 13.3. The van der Waals surface area contributed by atoms with Crippen molar-refractivity contribution in [2.75, 3.05) is 9.80 Å². The molecule has 2 heteroatoms. The van der Waals surface area contributed by atoms with Gasteiger partial charge in [-0.15, -0.1) is 0 Å². The topological polar surface area (TPSA) is 6.48 Å². The summed E-state index contributed by atoms with van der Waals surface area (Å²) in [6.45, 7) is 7.82. The van der Waals surface area contributed by atoms with Crippen LogP contribution in [0.25, 0.3) is 17.7 Å². The van der Waals surface area contributed by atoms with Gasteiger partial charge in [-0.1, -0.05) is 135 Å². The molecule has 0 heterocycles. The SMILES string of the molecule is C=CC=CC=CN(C1=CC=C(c2ccc(N(C3=CC(C=CC=C)C4CCC=CC4=C3)C3C=CC=CC3)cc2)CC1)c1cc2c(c3c1C=CCC3)CCC=C2. The maximum absolute atomic E-state index is 3.96. The van der Waals surface area contributed by atoms with Gasteiger partial charge in [-0.3, -0.25) is 0 Å². The van der Waals surface area contributed by atoms with Crippen molar-refractivity contribution < 1.29 is 0 Å². The van der Waals surface area contributed by atoms with Gasteiger partial charge in [0.05, 0.1) is 11.7 Å². The number of rotatable bonds is 11. The van der Waals surface area contributed by atoms with E-state index in [1.54, 1.807) is 5.56 Å². The molecule has 0 spiro atoms. The highest BCUT2D eigenvalue weighted by atomic mass is 15.2. The summed E-state index contributed by atoms with van der Waals surface area (Å²) in [6, 6.07) is 12.0. The van der Waals surface area contributed by atoms with E-state index >= 15 is 0 Å². The molecule has 0 saturated carbocycles. The molecule has 0 aromatic heterocycles. The summed E-state index contributed by atoms with van der Waals surface area (Å²) < 4.78 is 0. The number of hydrogen-bond acceptors (Lipinski definition) is 2. The highest BCUT2D eigenvalue weighted by molar-refractivity contribution is 5.81. The molecule has 3 unspecified atom stereocenters. The first-order chi connectivity index (χ1) is 26.7. The van der Waals surface area contributed by atoms with Crippen molar-refractivity contribution >= 4 is 29.1 Å². The Kier molecular flexibility index (Phi) is 10.9. The van der Waals surface area contributed by atoms with Crippen molar-refractivity contribution in [1.82, 2.24) is 0 Å². The van der Waals surface area contributed by atoms with E-state index in [9.17, 15) is 0 Å². The van der Waals surface area contributed by atoms with E-state index in [4.69, 9.17) is 0 Å². The van der Waals surface area contributed by atoms with E-state index < -0.39 is 0 Å². The molecule has 2 nitrogen and oxygen atoms in total. The molecule has 0 radical (unpaired) electrons. The lowest BCUT2D eigenvalue weighted by atomic mass is 9.75. The van der Waals surface area contributed by atoms with E-state index in [2.05, 4.69) is 169 Å². The average Bonchev–Trinajstić information content (AvgIpc) is 3.23. The molecule has 0 bridgehead atoms. The van der Waals surface area contributed by atoms with E-state index in [0.717, 1.165) is 51.4 Å². The van der Waals surface area contributed by atoms with Crippen LogP contribution in [0.2, 0.25) is 0 Å². The standard InChI is InChI=1S/C52H52N2/c1-3-5-7-17-35-53(52-38-43-20-12-14-24-49(43)50-25-15-16-26-51(50)52)44-31-27-39(28-32-44)40-29-33-46(34-30-40)54(45-21-9-8-10-22-45)47-36-41(18-6-4-2)48-23-13-11-19-42(48)37-47/h3-12,16-21,26-27,29-31,33-38,41,45,48H,1-2,13-15,22-25,28,32H2. The minimum absolute atomic E-state index is 0.261. The molecular formula is C52H52N2. The summed E-state index contributed by atoms with van der Waals surface area (Å²) in [4.78, 5) is 4.98. The van der Waals surface area contributed by atoms with Gasteiger partial charge in [0, 0.05) is 34.8 Å². The van der Waals surface area contributed by atoms with Crippen LogP contribution in [0.5, 0.6) is 0 Å². The van der Waals surface area contributed by atoms with Gasteiger partial charge >= 0.3 is 0 Å². The van der Waals surface area contributed by atoms with Crippen LogP contribution < -0.4 is 9.80 Å². The van der Waals surface area contributed by atoms with Gasteiger partial charge in [0.2, 0.25) is 0 Å². The smallest absolute Gasteiger partial charge is 0.0559 e. The second kappa shape index (κ2) is 16.6. The highest BCUT2D eigenvalue weighted by Crippen LogP contribution is 2.42. The summed E-state index contributed by atoms with van der Waals surface area (Å²) in [7, 11) is 0. The zero-order valence-electron chi connectivity index (χ0n) is 31.5. The predicted molar refractivity (Wildman–Crippen MR) is 234 cm³/mol. The molecule has 0 N–H and O–H groups in total. The largest absolute Gasteiger partial charge is 0.334 e. The third-order valence-corrected chi connectivity index (χ3v) is 11.7. The van der Waals surface area contributed by atoms with Gasteiger partial charge < -0.3 is 9.80 Å². The second-order valence-electron chi connectivity index (χ2n) is 15.0. The second-order valence-corrected chi connectivity index (χ2v) is 15.0. The molecule has 54 heavy (non-hydrogen) atoms. The van der Waals surface area contributed by atoms with E-state index in [1.807, 2.05) is 18.2 Å². The molecule has 0 fully saturated rings. The third kappa shape index (κ3) is 7.44. The molecule has 270 valence electrons. The minimum Gasteiger partial charge on any atom is -0.334 e. The summed E-state index contributed by atoms with van der Waals surface area (Å²) >= 11 is 0. The molecule has 8 rings (SSSR count). The van der Waals surface area contributed by atoms with Crippen molar-refractivity contribution in [1.29, 1.82) is 0 Å². The lowest BCUT2D eigenvalue weighted by molar-refractivity contribution is 0.479. The fourth-order valence-corrected chi connectivity index (χ4v) is 9.02. The van der Waals surface area contributed by atoms with Crippen molar-refractivity contribution in [3.8, 4) is 0 Å². The van der Waals surface area contributed by atoms with E-state index in [0.29, 0.717) is 11.8 Å². The quantitative estimate of drug-likeness (QED) is 0.215. The molecule has 3 atom stereocenters. The zero-order chi connectivity index (χ0) is 36.7. The van der Waals surface area contributed by atoms with Crippen LogP contribution in [-0.4, -0.2) is 6.04 Å². The fraction of sp³-hybridized carbons (Fsp3) is 0.231. The number of hydrogen-bond donors (Lipinski definition) is 0. The van der Waals surface area contributed by atoms with Gasteiger partial charge in [-0.05, 0) is 134 Å². The minimum atomic E-state index is 0.261. The zero-order valence-corrected chi connectivity index (χ0v) is 31.5. The Hall–Kier alpha value is -5.60. The monoisotopic (exact) mass is 704 g/mol. The maximum atomic E-state index is 3.96. The van der Waals surface area contributed by atoms with Gasteiger partial charge in [0.1, 0.15) is 0 Å². The van der Waals surface area contributed by atoms with Gasteiger partial charge in [-0.2, -0.15) is 0 Å². The first-order valence-electron chi connectivity index (χ1n) is 20.0. The Morgan fingerprint density at radius 3 is 2.37 bits per heavy atom. The summed E-state index contributed by atoms with van der Waals surface area (Å²) in [5.41, 5.74) is 15.1. The number of benzene rings is 2.